The van der Waals surface area contributed by atoms with E-state index in [9.17, 15) is 18.0 Å². The van der Waals surface area contributed by atoms with E-state index in [1.165, 1.54) is 46.6 Å². The number of methoxy groups -OCH3 is 1. The number of urea groups is 1. The molecule has 45 heavy (non-hydrogen) atoms. The molecule has 3 aromatic carbocycles. The van der Waals surface area contributed by atoms with E-state index in [0.717, 1.165) is 40.2 Å². The Bertz CT molecular complexity index is 1840. The number of nitrogens with zero attached hydrogens (tertiary/aromatic N) is 5. The van der Waals surface area contributed by atoms with Crippen molar-refractivity contribution in [3.63, 3.8) is 0 Å². The number of amides is 2. The summed E-state index contributed by atoms with van der Waals surface area (Å²) in [5.41, 5.74) is 5.17. The summed E-state index contributed by atoms with van der Waals surface area (Å²) >= 11 is 1.40. The van der Waals surface area contributed by atoms with E-state index in [4.69, 9.17) is 4.74 Å². The molecular formula is C32H31F3N6O3S. The molecule has 0 fully saturated rings. The number of nitrogens with one attached hydrogen (secondary N) is 1. The molecule has 1 atom stereocenters. The third-order valence-corrected chi connectivity index (χ3v) is 8.12. The number of aryl methyl sites for hydroxylation is 1. The Morgan fingerprint density at radius 3 is 2.44 bits per heavy atom. The Kier molecular flexibility index (Phi) is 9.37. The van der Waals surface area contributed by atoms with Crippen LogP contribution in [0.5, 0.6) is 11.5 Å². The first-order valence-corrected chi connectivity index (χ1v) is 15.0. The number of hydrogen-bond acceptors (Lipinski definition) is 6. The highest BCUT2D eigenvalue weighted by molar-refractivity contribution is 7.07. The Morgan fingerprint density at radius 2 is 1.78 bits per heavy atom. The molecule has 0 bridgehead atoms. The molecule has 5 aromatic rings. The lowest BCUT2D eigenvalue weighted by molar-refractivity contribution is -0.274. The van der Waals surface area contributed by atoms with Crippen molar-refractivity contribution in [1.29, 1.82) is 0 Å². The van der Waals surface area contributed by atoms with Crippen LogP contribution < -0.4 is 19.6 Å². The highest BCUT2D eigenvalue weighted by Gasteiger charge is 2.31. The second kappa shape index (κ2) is 13.4. The molecule has 2 amide bonds. The van der Waals surface area contributed by atoms with Crippen LogP contribution in [0.25, 0.3) is 22.8 Å². The normalized spacial score (nSPS) is 12.6. The number of alkyl halides is 3. The van der Waals surface area contributed by atoms with Gasteiger partial charge in [0.1, 0.15) is 17.8 Å². The molecule has 9 nitrogen and oxygen atoms in total. The number of carbonyl (C=O) groups excluding carboxylic acids is 1. The standard InChI is InChI=1S/C32H31F3N6O3S/c1-5-20(2)27-16-26(43-4)14-15-28(27)41-21(3)18-45-31(41)38-30(42)36-17-22-6-8-23(9-7-22)29-37-19-40(39-29)24-10-12-25(13-11-24)44-32(33,34)35/h6-16,18-20H,5,17H2,1-4H3,(H,36,42). The number of benzene rings is 3. The predicted molar refractivity (Wildman–Crippen MR) is 165 cm³/mol. The molecule has 0 aliphatic carbocycles. The molecule has 0 saturated heterocycles. The van der Waals surface area contributed by atoms with Gasteiger partial charge in [-0.1, -0.05) is 38.1 Å². The Labute approximate surface area is 261 Å². The molecule has 234 valence electrons. The lowest BCUT2D eigenvalue weighted by Gasteiger charge is -2.18. The second-order valence-corrected chi connectivity index (χ2v) is 11.1. The van der Waals surface area contributed by atoms with E-state index in [1.807, 2.05) is 59.3 Å². The van der Waals surface area contributed by atoms with Crippen LogP contribution in [0.2, 0.25) is 0 Å². The molecular weight excluding hydrogens is 605 g/mol. The minimum Gasteiger partial charge on any atom is -0.497 e. The van der Waals surface area contributed by atoms with Crippen molar-refractivity contribution in [3.8, 4) is 34.3 Å². The van der Waals surface area contributed by atoms with E-state index in [0.29, 0.717) is 16.3 Å². The van der Waals surface area contributed by atoms with Gasteiger partial charge in [0.15, 0.2) is 10.6 Å². The fourth-order valence-electron chi connectivity index (χ4n) is 4.64. The van der Waals surface area contributed by atoms with Crippen molar-refractivity contribution in [2.45, 2.75) is 46.0 Å². The molecule has 0 aliphatic heterocycles. The Morgan fingerprint density at radius 1 is 1.07 bits per heavy atom. The van der Waals surface area contributed by atoms with E-state index < -0.39 is 12.4 Å². The molecule has 2 aromatic heterocycles. The van der Waals surface area contributed by atoms with Gasteiger partial charge in [0.25, 0.3) is 0 Å². The summed E-state index contributed by atoms with van der Waals surface area (Å²) in [5.74, 6) is 1.18. The van der Waals surface area contributed by atoms with Crippen molar-refractivity contribution >= 4 is 17.4 Å². The average molecular weight is 637 g/mol. The number of halogens is 3. The SMILES string of the molecule is CCC(C)c1cc(OC)ccc1-n1c(C)csc1=NC(=O)NCc1ccc(-c2ncn(-c3ccc(OC(F)(F)F)cc3)n2)cc1. The minimum absolute atomic E-state index is 0.266. The number of hydrogen-bond donors (Lipinski definition) is 1. The van der Waals surface area contributed by atoms with Gasteiger partial charge in [0, 0.05) is 23.2 Å². The van der Waals surface area contributed by atoms with Crippen LogP contribution in [0.4, 0.5) is 18.0 Å². The maximum Gasteiger partial charge on any atom is 0.573 e. The molecule has 0 aliphatic rings. The van der Waals surface area contributed by atoms with Gasteiger partial charge in [0.05, 0.1) is 18.5 Å². The number of thiazole rings is 1. The van der Waals surface area contributed by atoms with Gasteiger partial charge in [-0.2, -0.15) is 4.99 Å². The zero-order valence-electron chi connectivity index (χ0n) is 25.0. The van der Waals surface area contributed by atoms with Gasteiger partial charge in [-0.3, -0.25) is 4.57 Å². The van der Waals surface area contributed by atoms with Crippen molar-refractivity contribution in [2.24, 2.45) is 4.99 Å². The van der Waals surface area contributed by atoms with Gasteiger partial charge in [-0.25, -0.2) is 14.5 Å². The molecule has 0 saturated carbocycles. The first kappa shape index (κ1) is 31.5. The van der Waals surface area contributed by atoms with Gasteiger partial charge in [0.2, 0.25) is 0 Å². The van der Waals surface area contributed by atoms with Crippen LogP contribution in [0.1, 0.15) is 43.0 Å². The number of carbonyl (C=O) groups is 1. The largest absolute Gasteiger partial charge is 0.573 e. The molecule has 1 unspecified atom stereocenters. The van der Waals surface area contributed by atoms with E-state index >= 15 is 0 Å². The fourth-order valence-corrected chi connectivity index (χ4v) is 5.50. The first-order valence-electron chi connectivity index (χ1n) is 14.1. The van der Waals surface area contributed by atoms with Crippen molar-refractivity contribution < 1.29 is 27.4 Å². The van der Waals surface area contributed by atoms with Crippen LogP contribution in [0.15, 0.2) is 83.4 Å². The number of aromatic nitrogens is 4. The maximum atomic E-state index is 12.9. The number of rotatable bonds is 9. The zero-order valence-corrected chi connectivity index (χ0v) is 25.8. The molecule has 1 N–H and O–H groups in total. The maximum absolute atomic E-state index is 12.9. The van der Waals surface area contributed by atoms with Crippen molar-refractivity contribution in [3.05, 3.63) is 100 Å². The van der Waals surface area contributed by atoms with Gasteiger partial charge in [-0.05, 0) is 72.9 Å². The zero-order chi connectivity index (χ0) is 32.1. The molecule has 2 heterocycles. The van der Waals surface area contributed by atoms with E-state index in [-0.39, 0.29) is 18.2 Å². The van der Waals surface area contributed by atoms with Crippen molar-refractivity contribution in [1.82, 2.24) is 24.6 Å². The topological polar surface area (TPSA) is 95.6 Å². The third kappa shape index (κ3) is 7.60. The Hall–Kier alpha value is -4.91. The summed E-state index contributed by atoms with van der Waals surface area (Å²) in [4.78, 5) is 22.1. The van der Waals surface area contributed by atoms with Crippen LogP contribution in [0, 0.1) is 6.92 Å². The summed E-state index contributed by atoms with van der Waals surface area (Å²) in [6.07, 6.45) is -2.33. The van der Waals surface area contributed by atoms with Crippen LogP contribution in [-0.4, -0.2) is 38.8 Å². The smallest absolute Gasteiger partial charge is 0.497 e. The van der Waals surface area contributed by atoms with Crippen LogP contribution in [0.3, 0.4) is 0 Å². The predicted octanol–water partition coefficient (Wildman–Crippen LogP) is 7.33. The lowest BCUT2D eigenvalue weighted by atomic mass is 9.96. The minimum atomic E-state index is -4.76. The van der Waals surface area contributed by atoms with Crippen molar-refractivity contribution in [2.75, 3.05) is 7.11 Å². The molecule has 13 heteroatoms. The number of ether oxygens (including phenoxy) is 2. The first-order chi connectivity index (χ1) is 21.5. The third-order valence-electron chi connectivity index (χ3n) is 7.18. The highest BCUT2D eigenvalue weighted by atomic mass is 32.1. The van der Waals surface area contributed by atoms with Crippen LogP contribution in [-0.2, 0) is 6.54 Å². The van der Waals surface area contributed by atoms with Gasteiger partial charge >= 0.3 is 12.4 Å². The summed E-state index contributed by atoms with van der Waals surface area (Å²) in [5, 5.41) is 9.25. The Balaban J connectivity index is 1.26. The molecule has 5 rings (SSSR count). The second-order valence-electron chi connectivity index (χ2n) is 10.3. The summed E-state index contributed by atoms with van der Waals surface area (Å²) in [6, 6.07) is 18.2. The molecule has 0 radical (unpaired) electrons. The quantitative estimate of drug-likeness (QED) is 0.183. The fraction of sp³-hybridized carbons (Fsp3) is 0.250. The van der Waals surface area contributed by atoms with E-state index in [1.54, 1.807) is 7.11 Å². The average Bonchev–Trinajstić information content (AvgIpc) is 3.66. The monoisotopic (exact) mass is 636 g/mol. The lowest BCUT2D eigenvalue weighted by Crippen LogP contribution is -2.24. The van der Waals surface area contributed by atoms with Gasteiger partial charge in [-0.15, -0.1) is 29.6 Å². The summed E-state index contributed by atoms with van der Waals surface area (Å²) in [6.45, 7) is 6.55. The van der Waals surface area contributed by atoms with Crippen LogP contribution >= 0.6 is 11.3 Å². The van der Waals surface area contributed by atoms with E-state index in [2.05, 4.69) is 39.0 Å². The summed E-state index contributed by atoms with van der Waals surface area (Å²) < 4.78 is 50.1. The molecule has 0 spiro atoms. The summed E-state index contributed by atoms with van der Waals surface area (Å²) in [7, 11) is 1.65. The van der Waals surface area contributed by atoms with Gasteiger partial charge < -0.3 is 14.8 Å². The highest BCUT2D eigenvalue weighted by Crippen LogP contribution is 2.30.